The van der Waals surface area contributed by atoms with E-state index >= 15 is 0 Å². The van der Waals surface area contributed by atoms with Crippen molar-refractivity contribution in [2.45, 2.75) is 303 Å². The van der Waals surface area contributed by atoms with E-state index in [1.165, 1.54) is 204 Å². The lowest BCUT2D eigenvalue weighted by Crippen LogP contribution is -2.41. The van der Waals surface area contributed by atoms with Gasteiger partial charge in [0.15, 0.2) is 0 Å². The fourth-order valence-electron chi connectivity index (χ4n) is 8.26. The molecule has 0 aromatic carbocycles. The molecule has 372 valence electrons. The van der Waals surface area contributed by atoms with Gasteiger partial charge in [0.2, 0.25) is 11.0 Å². The lowest BCUT2D eigenvalue weighted by atomic mass is 10.0. The maximum Gasteiger partial charge on any atom is 0.306 e. The summed E-state index contributed by atoms with van der Waals surface area (Å²) in [6.07, 6.45) is 49.1. The molecule has 0 spiro atoms. The lowest BCUT2D eigenvalue weighted by molar-refractivity contribution is -0.157. The van der Waals surface area contributed by atoms with Gasteiger partial charge in [-0.05, 0) is 19.3 Å². The maximum atomic E-state index is 12.9. The number of carbonyl (C=O) groups is 4. The molecule has 0 aromatic rings. The first-order valence-electron chi connectivity index (χ1n) is 27.3. The average Bonchev–Trinajstić information content (AvgIpc) is 3.27. The summed E-state index contributed by atoms with van der Waals surface area (Å²) in [5.41, 5.74) is 0. The molecule has 63 heavy (non-hydrogen) atoms. The number of thioether (sulfide) groups is 1. The molecule has 0 saturated carbocycles. The third-order valence-electron chi connectivity index (χ3n) is 12.4. The molecule has 0 heterocycles. The highest BCUT2D eigenvalue weighted by molar-refractivity contribution is 8.00. The topological polar surface area (TPSA) is 98.8 Å². The van der Waals surface area contributed by atoms with E-state index in [0.717, 1.165) is 57.8 Å². The van der Waals surface area contributed by atoms with Gasteiger partial charge in [-0.25, -0.2) is 0 Å². The summed E-state index contributed by atoms with van der Waals surface area (Å²) in [5, 5.41) is 2.48. The van der Waals surface area contributed by atoms with Crippen LogP contribution in [0.15, 0.2) is 0 Å². The van der Waals surface area contributed by atoms with Crippen molar-refractivity contribution in [1.82, 2.24) is 5.32 Å². The van der Waals surface area contributed by atoms with E-state index in [1.54, 1.807) is 0 Å². The summed E-state index contributed by atoms with van der Waals surface area (Å²) < 4.78 is 11.5. The van der Waals surface area contributed by atoms with E-state index in [2.05, 4.69) is 38.7 Å². The highest BCUT2D eigenvalue weighted by atomic mass is 32.2. The van der Waals surface area contributed by atoms with E-state index in [-0.39, 0.29) is 29.6 Å². The highest BCUT2D eigenvalue weighted by Crippen LogP contribution is 2.18. The number of hydrogen-bond donors (Lipinski definition) is 2. The summed E-state index contributed by atoms with van der Waals surface area (Å²) in [6, 6.07) is -0.729. The first-order chi connectivity index (χ1) is 30.8. The molecular formula is C54H103NO6S2. The number of carbonyl (C=O) groups excluding carboxylic acids is 4. The minimum absolute atomic E-state index is 0.000480. The highest BCUT2D eigenvalue weighted by Gasteiger charge is 2.22. The van der Waals surface area contributed by atoms with Crippen LogP contribution in [0, 0.1) is 0 Å². The molecule has 1 N–H and O–H groups in total. The summed E-state index contributed by atoms with van der Waals surface area (Å²) in [6.45, 7) is 6.78. The van der Waals surface area contributed by atoms with Crippen molar-refractivity contribution in [3.63, 3.8) is 0 Å². The fourth-order valence-corrected chi connectivity index (χ4v) is 9.57. The molecule has 0 radical (unpaired) electrons. The van der Waals surface area contributed by atoms with Crippen molar-refractivity contribution < 1.29 is 28.7 Å². The van der Waals surface area contributed by atoms with Gasteiger partial charge in [0.1, 0.15) is 18.8 Å². The van der Waals surface area contributed by atoms with Crippen molar-refractivity contribution >= 4 is 47.4 Å². The second kappa shape index (κ2) is 50.2. The van der Waals surface area contributed by atoms with Crippen molar-refractivity contribution in [3.05, 3.63) is 0 Å². The zero-order chi connectivity index (χ0) is 46.1. The third-order valence-corrected chi connectivity index (χ3v) is 13.9. The molecule has 0 aromatic heterocycles. The molecule has 0 fully saturated rings. The van der Waals surface area contributed by atoms with Gasteiger partial charge in [0, 0.05) is 30.8 Å². The molecular weight excluding hydrogens is 823 g/mol. The Labute approximate surface area is 400 Å². The largest absolute Gasteiger partial charge is 0.462 e. The SMILES string of the molecule is CCCCCCCCCCCCCCCC(=O)NC(CSCC(COC(=O)CCCCCCCCCCCCCCC)OC(=O)CCCCCCCCCCCCCCC)C(=O)S. The molecule has 9 heteroatoms. The van der Waals surface area contributed by atoms with Crippen molar-refractivity contribution in [3.8, 4) is 0 Å². The summed E-state index contributed by atoms with van der Waals surface area (Å²) in [7, 11) is 0. The minimum Gasteiger partial charge on any atom is -0.462 e. The number of amides is 1. The number of thiol groups is 1. The Morgan fingerprint density at radius 2 is 0.714 bits per heavy atom. The average molecular weight is 927 g/mol. The molecule has 0 saturated heterocycles. The Hall–Kier alpha value is -1.22. The number of hydrogen-bond acceptors (Lipinski definition) is 7. The van der Waals surface area contributed by atoms with Crippen LogP contribution in [0.4, 0.5) is 0 Å². The molecule has 0 bridgehead atoms. The number of unbranched alkanes of at least 4 members (excludes halogenated alkanes) is 36. The van der Waals surface area contributed by atoms with Crippen LogP contribution in [0.25, 0.3) is 0 Å². The zero-order valence-electron chi connectivity index (χ0n) is 41.8. The third kappa shape index (κ3) is 47.1. The Bertz CT molecular complexity index is 1030. The second-order valence-corrected chi connectivity index (χ2v) is 20.3. The Kier molecular flexibility index (Phi) is 49.2. The Morgan fingerprint density at radius 1 is 0.413 bits per heavy atom. The summed E-state index contributed by atoms with van der Waals surface area (Å²) in [4.78, 5) is 50.8. The molecule has 0 aliphatic carbocycles. The van der Waals surface area contributed by atoms with Gasteiger partial charge in [-0.1, -0.05) is 252 Å². The summed E-state index contributed by atoms with van der Waals surface area (Å²) in [5.74, 6) is 0.0114. The van der Waals surface area contributed by atoms with Crippen LogP contribution in [0.2, 0.25) is 0 Å². The van der Waals surface area contributed by atoms with Gasteiger partial charge in [-0.2, -0.15) is 11.8 Å². The smallest absolute Gasteiger partial charge is 0.306 e. The normalized spacial score (nSPS) is 12.3. The first kappa shape index (κ1) is 61.8. The number of rotatable bonds is 51. The molecule has 7 nitrogen and oxygen atoms in total. The van der Waals surface area contributed by atoms with Gasteiger partial charge in [0.05, 0.1) is 0 Å². The molecule has 0 aliphatic heterocycles. The van der Waals surface area contributed by atoms with Gasteiger partial charge in [-0.3, -0.25) is 19.2 Å². The quantitative estimate of drug-likeness (QED) is 0.0356. The Morgan fingerprint density at radius 3 is 1.05 bits per heavy atom. The van der Waals surface area contributed by atoms with E-state index in [0.29, 0.717) is 30.8 Å². The maximum absolute atomic E-state index is 12.9. The molecule has 2 unspecified atom stereocenters. The summed E-state index contributed by atoms with van der Waals surface area (Å²) >= 11 is 5.48. The first-order valence-corrected chi connectivity index (χ1v) is 28.9. The monoisotopic (exact) mass is 926 g/mol. The molecule has 0 aliphatic rings. The van der Waals surface area contributed by atoms with Crippen LogP contribution in [0.5, 0.6) is 0 Å². The van der Waals surface area contributed by atoms with Crippen molar-refractivity contribution in [2.24, 2.45) is 0 Å². The van der Waals surface area contributed by atoms with E-state index in [9.17, 15) is 19.2 Å². The van der Waals surface area contributed by atoms with Gasteiger partial charge in [-0.15, -0.1) is 12.6 Å². The lowest BCUT2D eigenvalue weighted by Gasteiger charge is -2.20. The standard InChI is InChI=1S/C54H103NO6S2/c1-4-7-10-13-16-19-22-25-28-31-34-37-40-43-51(56)55-50(54(59)62)48-63-47-49(61-53(58)45-42-39-36-33-30-27-24-21-18-15-12-9-6-3)46-60-52(57)44-41-38-35-32-29-26-23-20-17-14-11-8-5-2/h49-50H,4-48H2,1-3H3,(H,55,56)(H,59,62). The predicted molar refractivity (Wildman–Crippen MR) is 275 cm³/mol. The van der Waals surface area contributed by atoms with Crippen LogP contribution >= 0.6 is 24.4 Å². The Balaban J connectivity index is 4.59. The van der Waals surface area contributed by atoms with E-state index in [4.69, 9.17) is 9.47 Å². The fraction of sp³-hybridized carbons (Fsp3) is 0.926. The predicted octanol–water partition coefficient (Wildman–Crippen LogP) is 16.6. The minimum atomic E-state index is -0.729. The van der Waals surface area contributed by atoms with E-state index < -0.39 is 12.1 Å². The number of nitrogens with one attached hydrogen (secondary N) is 1. The molecule has 2 atom stereocenters. The zero-order valence-corrected chi connectivity index (χ0v) is 43.5. The number of esters is 2. The van der Waals surface area contributed by atoms with Crippen LogP contribution in [0.3, 0.4) is 0 Å². The second-order valence-electron chi connectivity index (χ2n) is 18.8. The molecule has 0 rings (SSSR count). The van der Waals surface area contributed by atoms with Crippen molar-refractivity contribution in [1.29, 1.82) is 0 Å². The molecule has 1 amide bonds. The van der Waals surface area contributed by atoms with Gasteiger partial charge >= 0.3 is 11.9 Å². The van der Waals surface area contributed by atoms with Crippen LogP contribution in [-0.4, -0.2) is 53.2 Å². The van der Waals surface area contributed by atoms with Gasteiger partial charge in [0.25, 0.3) is 0 Å². The van der Waals surface area contributed by atoms with Crippen LogP contribution in [-0.2, 0) is 28.7 Å². The van der Waals surface area contributed by atoms with Crippen LogP contribution < -0.4 is 5.32 Å². The van der Waals surface area contributed by atoms with Crippen LogP contribution in [0.1, 0.15) is 290 Å². The van der Waals surface area contributed by atoms with E-state index in [1.807, 2.05) is 0 Å². The van der Waals surface area contributed by atoms with Crippen molar-refractivity contribution in [2.75, 3.05) is 18.1 Å². The van der Waals surface area contributed by atoms with Gasteiger partial charge < -0.3 is 14.8 Å². The number of ether oxygens (including phenoxy) is 2.